The summed E-state index contributed by atoms with van der Waals surface area (Å²) in [4.78, 5) is 6.07. The van der Waals surface area contributed by atoms with E-state index in [1.807, 2.05) is 0 Å². The Hall–Kier alpha value is -1.20. The van der Waals surface area contributed by atoms with Gasteiger partial charge in [0.2, 0.25) is 5.88 Å². The van der Waals surface area contributed by atoms with Gasteiger partial charge in [-0.1, -0.05) is 0 Å². The zero-order valence-corrected chi connectivity index (χ0v) is 9.90. The molecule has 94 valence electrons. The standard InChI is InChI=1S/C12H17FN2O2/c1-15(11-2-3-11)4-5-17-12-9(8-16)6-10(13)7-14-12/h6-7,11,16H,2-5,8H2,1H3. The molecule has 5 heteroatoms. The van der Waals surface area contributed by atoms with Crippen LogP contribution in [-0.4, -0.2) is 41.2 Å². The summed E-state index contributed by atoms with van der Waals surface area (Å²) < 4.78 is 18.3. The SMILES string of the molecule is CN(CCOc1ncc(F)cc1CO)C1CC1. The maximum atomic E-state index is 12.9. The summed E-state index contributed by atoms with van der Waals surface area (Å²) in [6.45, 7) is 1.05. The van der Waals surface area contributed by atoms with Crippen molar-refractivity contribution in [3.63, 3.8) is 0 Å². The molecule has 0 bridgehead atoms. The number of likely N-dealkylation sites (N-methyl/N-ethyl adjacent to an activating group) is 1. The number of halogens is 1. The fraction of sp³-hybridized carbons (Fsp3) is 0.583. The number of ether oxygens (including phenoxy) is 1. The molecular weight excluding hydrogens is 223 g/mol. The highest BCUT2D eigenvalue weighted by atomic mass is 19.1. The Balaban J connectivity index is 1.85. The first-order valence-corrected chi connectivity index (χ1v) is 5.79. The van der Waals surface area contributed by atoms with Crippen molar-refractivity contribution in [3.8, 4) is 5.88 Å². The van der Waals surface area contributed by atoms with Crippen LogP contribution in [0.25, 0.3) is 0 Å². The van der Waals surface area contributed by atoms with Crippen LogP contribution in [0.4, 0.5) is 4.39 Å². The first kappa shape index (κ1) is 12.3. The van der Waals surface area contributed by atoms with Gasteiger partial charge in [-0.2, -0.15) is 0 Å². The van der Waals surface area contributed by atoms with Gasteiger partial charge in [-0.05, 0) is 26.0 Å². The van der Waals surface area contributed by atoms with E-state index in [0.717, 1.165) is 12.7 Å². The van der Waals surface area contributed by atoms with Crippen LogP contribution in [0, 0.1) is 5.82 Å². The molecule has 0 amide bonds. The van der Waals surface area contributed by atoms with Gasteiger partial charge in [-0.25, -0.2) is 9.37 Å². The number of hydrogen-bond donors (Lipinski definition) is 1. The number of nitrogens with zero attached hydrogens (tertiary/aromatic N) is 2. The number of rotatable bonds is 6. The van der Waals surface area contributed by atoms with Crippen molar-refractivity contribution in [1.29, 1.82) is 0 Å². The molecule has 0 unspecified atom stereocenters. The fourth-order valence-corrected chi connectivity index (χ4v) is 1.70. The monoisotopic (exact) mass is 240 g/mol. The molecule has 1 aliphatic rings. The van der Waals surface area contributed by atoms with Gasteiger partial charge in [0.15, 0.2) is 0 Å². The van der Waals surface area contributed by atoms with E-state index < -0.39 is 5.82 Å². The second kappa shape index (κ2) is 5.42. The summed E-state index contributed by atoms with van der Waals surface area (Å²) in [5.41, 5.74) is 0.388. The number of aliphatic hydroxyl groups excluding tert-OH is 1. The molecule has 17 heavy (non-hydrogen) atoms. The Morgan fingerprint density at radius 3 is 3.00 bits per heavy atom. The van der Waals surface area contributed by atoms with E-state index in [4.69, 9.17) is 9.84 Å². The fourth-order valence-electron chi connectivity index (χ4n) is 1.70. The minimum absolute atomic E-state index is 0.265. The van der Waals surface area contributed by atoms with E-state index >= 15 is 0 Å². The van der Waals surface area contributed by atoms with Gasteiger partial charge < -0.3 is 14.7 Å². The van der Waals surface area contributed by atoms with Gasteiger partial charge in [0, 0.05) is 18.2 Å². The van der Waals surface area contributed by atoms with Crippen LogP contribution < -0.4 is 4.74 Å². The third-order valence-corrected chi connectivity index (χ3v) is 2.92. The molecule has 4 nitrogen and oxygen atoms in total. The minimum atomic E-state index is -0.462. The van der Waals surface area contributed by atoms with Crippen LogP contribution in [0.5, 0.6) is 5.88 Å². The average Bonchev–Trinajstić information content (AvgIpc) is 3.14. The lowest BCUT2D eigenvalue weighted by Crippen LogP contribution is -2.26. The molecular formula is C12H17FN2O2. The van der Waals surface area contributed by atoms with E-state index in [-0.39, 0.29) is 6.61 Å². The average molecular weight is 240 g/mol. The molecule has 1 N–H and O–H groups in total. The molecule has 0 spiro atoms. The molecule has 1 fully saturated rings. The van der Waals surface area contributed by atoms with Gasteiger partial charge in [0.25, 0.3) is 0 Å². The molecule has 1 aromatic rings. The molecule has 0 atom stereocenters. The lowest BCUT2D eigenvalue weighted by atomic mass is 10.3. The van der Waals surface area contributed by atoms with Crippen LogP contribution in [-0.2, 0) is 6.61 Å². The highest BCUT2D eigenvalue weighted by Crippen LogP contribution is 2.25. The van der Waals surface area contributed by atoms with Crippen molar-refractivity contribution in [1.82, 2.24) is 9.88 Å². The summed E-state index contributed by atoms with van der Waals surface area (Å²) >= 11 is 0. The number of pyridine rings is 1. The Kier molecular flexibility index (Phi) is 3.91. The van der Waals surface area contributed by atoms with Crippen molar-refractivity contribution < 1.29 is 14.2 Å². The Morgan fingerprint density at radius 2 is 2.35 bits per heavy atom. The van der Waals surface area contributed by atoms with Gasteiger partial charge in [0.05, 0.1) is 12.8 Å². The molecule has 2 rings (SSSR count). The second-order valence-corrected chi connectivity index (χ2v) is 4.34. The van der Waals surface area contributed by atoms with Crippen LogP contribution >= 0.6 is 0 Å². The maximum Gasteiger partial charge on any atom is 0.219 e. The van der Waals surface area contributed by atoms with E-state index in [9.17, 15) is 4.39 Å². The third-order valence-electron chi connectivity index (χ3n) is 2.92. The van der Waals surface area contributed by atoms with Gasteiger partial charge >= 0.3 is 0 Å². The summed E-state index contributed by atoms with van der Waals surface area (Å²) in [6.07, 6.45) is 3.61. The summed E-state index contributed by atoms with van der Waals surface area (Å²) in [5.74, 6) is -0.144. The Morgan fingerprint density at radius 1 is 1.59 bits per heavy atom. The highest BCUT2D eigenvalue weighted by Gasteiger charge is 2.25. The number of aliphatic hydroxyl groups is 1. The van der Waals surface area contributed by atoms with Crippen LogP contribution in [0.2, 0.25) is 0 Å². The quantitative estimate of drug-likeness (QED) is 0.811. The second-order valence-electron chi connectivity index (χ2n) is 4.34. The first-order valence-electron chi connectivity index (χ1n) is 5.79. The van der Waals surface area contributed by atoms with Gasteiger partial charge in [-0.15, -0.1) is 0 Å². The molecule has 1 heterocycles. The normalized spacial score (nSPS) is 15.3. The van der Waals surface area contributed by atoms with Gasteiger partial charge in [-0.3, -0.25) is 0 Å². The van der Waals surface area contributed by atoms with Gasteiger partial charge in [0.1, 0.15) is 12.4 Å². The molecule has 1 aromatic heterocycles. The van der Waals surface area contributed by atoms with Crippen molar-refractivity contribution >= 4 is 0 Å². The summed E-state index contributed by atoms with van der Waals surface area (Å²) in [5, 5.41) is 9.05. The third kappa shape index (κ3) is 3.38. The predicted octanol–water partition coefficient (Wildman–Crippen LogP) is 1.19. The Bertz CT molecular complexity index is 383. The molecule has 0 saturated heterocycles. The zero-order chi connectivity index (χ0) is 12.3. The summed E-state index contributed by atoms with van der Waals surface area (Å²) in [7, 11) is 2.06. The van der Waals surface area contributed by atoms with E-state index in [0.29, 0.717) is 24.1 Å². The van der Waals surface area contributed by atoms with Crippen molar-refractivity contribution in [3.05, 3.63) is 23.6 Å². The van der Waals surface area contributed by atoms with E-state index in [2.05, 4.69) is 16.9 Å². The zero-order valence-electron chi connectivity index (χ0n) is 9.90. The van der Waals surface area contributed by atoms with Crippen LogP contribution in [0.1, 0.15) is 18.4 Å². The molecule has 0 radical (unpaired) electrons. The minimum Gasteiger partial charge on any atom is -0.476 e. The summed E-state index contributed by atoms with van der Waals surface area (Å²) in [6, 6.07) is 1.93. The Labute approximate surface area is 100 Å². The first-order chi connectivity index (χ1) is 8.20. The largest absolute Gasteiger partial charge is 0.476 e. The van der Waals surface area contributed by atoms with Crippen LogP contribution in [0.15, 0.2) is 12.3 Å². The van der Waals surface area contributed by atoms with Crippen molar-refractivity contribution in [2.75, 3.05) is 20.2 Å². The lowest BCUT2D eigenvalue weighted by Gasteiger charge is -2.16. The van der Waals surface area contributed by atoms with Crippen LogP contribution in [0.3, 0.4) is 0 Å². The van der Waals surface area contributed by atoms with E-state index in [1.165, 1.54) is 18.9 Å². The lowest BCUT2D eigenvalue weighted by molar-refractivity contribution is 0.216. The highest BCUT2D eigenvalue weighted by molar-refractivity contribution is 5.25. The number of aromatic nitrogens is 1. The van der Waals surface area contributed by atoms with E-state index in [1.54, 1.807) is 0 Å². The maximum absolute atomic E-state index is 12.9. The molecule has 1 aliphatic carbocycles. The molecule has 0 aliphatic heterocycles. The predicted molar refractivity (Wildman–Crippen MR) is 61.3 cm³/mol. The van der Waals surface area contributed by atoms with Crippen molar-refractivity contribution in [2.45, 2.75) is 25.5 Å². The smallest absolute Gasteiger partial charge is 0.219 e. The number of hydrogen-bond acceptors (Lipinski definition) is 4. The molecule has 0 aromatic carbocycles. The molecule has 1 saturated carbocycles. The van der Waals surface area contributed by atoms with Crippen molar-refractivity contribution in [2.24, 2.45) is 0 Å². The topological polar surface area (TPSA) is 45.6 Å².